The first-order chi connectivity index (χ1) is 14.0. The maximum Gasteiger partial charge on any atom is 0.339 e. The lowest BCUT2D eigenvalue weighted by Gasteiger charge is -2.12. The summed E-state index contributed by atoms with van der Waals surface area (Å²) in [5.41, 5.74) is 0.645. The molecule has 1 amide bonds. The fourth-order valence-electron chi connectivity index (χ4n) is 2.74. The number of ether oxygens (including phenoxy) is 4. The van der Waals surface area contributed by atoms with Crippen molar-refractivity contribution in [3.8, 4) is 5.88 Å². The van der Waals surface area contributed by atoms with Crippen molar-refractivity contribution in [1.82, 2.24) is 4.98 Å². The van der Waals surface area contributed by atoms with Crippen LogP contribution < -0.4 is 10.1 Å². The summed E-state index contributed by atoms with van der Waals surface area (Å²) in [6.45, 7) is 1.16. The number of carbonyl (C=O) groups is 3. The molecule has 9 heteroatoms. The predicted molar refractivity (Wildman–Crippen MR) is 101 cm³/mol. The number of pyridine rings is 1. The quantitative estimate of drug-likeness (QED) is 0.734. The van der Waals surface area contributed by atoms with Crippen molar-refractivity contribution in [2.75, 3.05) is 32.8 Å². The van der Waals surface area contributed by atoms with Crippen LogP contribution in [0.1, 0.15) is 37.5 Å². The molecule has 1 aliphatic heterocycles. The van der Waals surface area contributed by atoms with E-state index in [1.54, 1.807) is 12.1 Å². The molecule has 9 nitrogen and oxygen atoms in total. The molecule has 0 spiro atoms. The highest BCUT2D eigenvalue weighted by molar-refractivity contribution is 6.08. The van der Waals surface area contributed by atoms with Gasteiger partial charge in [0, 0.05) is 18.7 Å². The number of anilines is 1. The normalized spacial score (nSPS) is 15.4. The van der Waals surface area contributed by atoms with Gasteiger partial charge in [-0.1, -0.05) is 0 Å². The second-order valence-corrected chi connectivity index (χ2v) is 6.19. The molecule has 1 atom stereocenters. The topological polar surface area (TPSA) is 113 Å². The van der Waals surface area contributed by atoms with Gasteiger partial charge in [-0.05, 0) is 24.3 Å². The fraction of sp³-hybridized carbons (Fsp3) is 0.300. The van der Waals surface area contributed by atoms with Crippen molar-refractivity contribution in [3.63, 3.8) is 0 Å². The first kappa shape index (κ1) is 20.3. The SMILES string of the molecule is COC(=O)c1ccc(C(=O)OC)c(NC(=O)c2ccc(OC3CCOC3)nc2)c1. The molecule has 0 saturated carbocycles. The number of nitrogens with one attached hydrogen (secondary N) is 1. The van der Waals surface area contributed by atoms with Gasteiger partial charge in [0.25, 0.3) is 5.91 Å². The van der Waals surface area contributed by atoms with Gasteiger partial charge in [0.1, 0.15) is 6.10 Å². The zero-order chi connectivity index (χ0) is 20.8. The van der Waals surface area contributed by atoms with Crippen LogP contribution in [0.5, 0.6) is 5.88 Å². The number of hydrogen-bond donors (Lipinski definition) is 1. The Balaban J connectivity index is 1.77. The summed E-state index contributed by atoms with van der Waals surface area (Å²) in [4.78, 5) is 40.5. The minimum Gasteiger partial charge on any atom is -0.472 e. The Bertz CT molecular complexity index is 906. The number of carbonyl (C=O) groups excluding carboxylic acids is 3. The average Bonchev–Trinajstić information content (AvgIpc) is 3.26. The van der Waals surface area contributed by atoms with E-state index < -0.39 is 17.8 Å². The number of benzene rings is 1. The zero-order valence-electron chi connectivity index (χ0n) is 16.0. The zero-order valence-corrected chi connectivity index (χ0v) is 16.0. The standard InChI is InChI=1S/C20H20N2O7/c1-26-19(24)12-3-5-15(20(25)27-2)16(9-12)22-18(23)13-4-6-17(21-10-13)29-14-7-8-28-11-14/h3-6,9-10,14H,7-8,11H2,1-2H3,(H,22,23). The van der Waals surface area contributed by atoms with Crippen LogP contribution in [0.4, 0.5) is 5.69 Å². The molecule has 2 aromatic rings. The Morgan fingerprint density at radius 1 is 1.07 bits per heavy atom. The molecule has 1 N–H and O–H groups in total. The summed E-state index contributed by atoms with van der Waals surface area (Å²) in [5.74, 6) is -1.38. The van der Waals surface area contributed by atoms with Gasteiger partial charge in [-0.2, -0.15) is 0 Å². The Hall–Kier alpha value is -3.46. The van der Waals surface area contributed by atoms with E-state index in [4.69, 9.17) is 14.2 Å². The summed E-state index contributed by atoms with van der Waals surface area (Å²) in [6, 6.07) is 7.27. The van der Waals surface area contributed by atoms with E-state index in [0.717, 1.165) is 6.42 Å². The summed E-state index contributed by atoms with van der Waals surface area (Å²) in [7, 11) is 2.46. The van der Waals surface area contributed by atoms with Gasteiger partial charge in [-0.15, -0.1) is 0 Å². The molecule has 152 valence electrons. The van der Waals surface area contributed by atoms with E-state index >= 15 is 0 Å². The van der Waals surface area contributed by atoms with E-state index in [-0.39, 0.29) is 28.5 Å². The first-order valence-corrected chi connectivity index (χ1v) is 8.84. The molecule has 1 aromatic carbocycles. The van der Waals surface area contributed by atoms with Crippen LogP contribution in [0, 0.1) is 0 Å². The van der Waals surface area contributed by atoms with Crippen LogP contribution in [-0.4, -0.2) is 56.4 Å². The van der Waals surface area contributed by atoms with Crippen LogP contribution in [-0.2, 0) is 14.2 Å². The van der Waals surface area contributed by atoms with Crippen LogP contribution in [0.15, 0.2) is 36.5 Å². The monoisotopic (exact) mass is 400 g/mol. The van der Waals surface area contributed by atoms with E-state index in [0.29, 0.717) is 19.1 Å². The summed E-state index contributed by atoms with van der Waals surface area (Å²) in [6.07, 6.45) is 2.10. The van der Waals surface area contributed by atoms with Crippen LogP contribution in [0.3, 0.4) is 0 Å². The van der Waals surface area contributed by atoms with Gasteiger partial charge in [0.15, 0.2) is 0 Å². The van der Waals surface area contributed by atoms with Crippen molar-refractivity contribution in [2.24, 2.45) is 0 Å². The Morgan fingerprint density at radius 3 is 2.45 bits per heavy atom. The molecule has 1 saturated heterocycles. The highest BCUT2D eigenvalue weighted by atomic mass is 16.5. The Kier molecular flexibility index (Phi) is 6.40. The summed E-state index contributed by atoms with van der Waals surface area (Å²) < 4.78 is 20.3. The predicted octanol–water partition coefficient (Wildman–Crippen LogP) is 2.07. The molecule has 1 aromatic heterocycles. The molecule has 1 unspecified atom stereocenters. The largest absolute Gasteiger partial charge is 0.472 e. The Labute approximate surface area is 166 Å². The second kappa shape index (κ2) is 9.16. The summed E-state index contributed by atoms with van der Waals surface area (Å²) >= 11 is 0. The highest BCUT2D eigenvalue weighted by Crippen LogP contribution is 2.21. The third kappa shape index (κ3) is 4.88. The molecule has 1 fully saturated rings. The van der Waals surface area contributed by atoms with E-state index in [1.807, 2.05) is 0 Å². The van der Waals surface area contributed by atoms with Crippen LogP contribution in [0.2, 0.25) is 0 Å². The van der Waals surface area contributed by atoms with E-state index in [9.17, 15) is 14.4 Å². The second-order valence-electron chi connectivity index (χ2n) is 6.19. The number of esters is 2. The number of nitrogens with zero attached hydrogens (tertiary/aromatic N) is 1. The smallest absolute Gasteiger partial charge is 0.339 e. The minimum atomic E-state index is -0.655. The van der Waals surface area contributed by atoms with Gasteiger partial charge in [0.2, 0.25) is 5.88 Å². The van der Waals surface area contributed by atoms with Gasteiger partial charge in [-0.25, -0.2) is 14.6 Å². The van der Waals surface area contributed by atoms with E-state index in [2.05, 4.69) is 15.0 Å². The third-order valence-corrected chi connectivity index (χ3v) is 4.27. The number of hydrogen-bond acceptors (Lipinski definition) is 8. The highest BCUT2D eigenvalue weighted by Gasteiger charge is 2.20. The first-order valence-electron chi connectivity index (χ1n) is 8.84. The molecular formula is C20H20N2O7. The third-order valence-electron chi connectivity index (χ3n) is 4.27. The molecule has 2 heterocycles. The van der Waals surface area contributed by atoms with Crippen molar-refractivity contribution >= 4 is 23.5 Å². The lowest BCUT2D eigenvalue weighted by atomic mass is 10.1. The van der Waals surface area contributed by atoms with Crippen molar-refractivity contribution in [2.45, 2.75) is 12.5 Å². The van der Waals surface area contributed by atoms with Crippen molar-refractivity contribution in [3.05, 3.63) is 53.2 Å². The molecule has 0 aliphatic carbocycles. The number of amides is 1. The molecule has 29 heavy (non-hydrogen) atoms. The number of methoxy groups -OCH3 is 2. The lowest BCUT2D eigenvalue weighted by molar-refractivity contribution is 0.0587. The fourth-order valence-corrected chi connectivity index (χ4v) is 2.74. The molecule has 0 radical (unpaired) electrons. The number of rotatable bonds is 6. The van der Waals surface area contributed by atoms with Crippen molar-refractivity contribution in [1.29, 1.82) is 0 Å². The van der Waals surface area contributed by atoms with Gasteiger partial charge in [-0.3, -0.25) is 4.79 Å². The molecule has 0 bridgehead atoms. The maximum absolute atomic E-state index is 12.6. The minimum absolute atomic E-state index is 0.0501. The summed E-state index contributed by atoms with van der Waals surface area (Å²) in [5, 5.41) is 2.61. The number of aromatic nitrogens is 1. The Morgan fingerprint density at radius 2 is 1.83 bits per heavy atom. The average molecular weight is 400 g/mol. The van der Waals surface area contributed by atoms with Gasteiger partial charge >= 0.3 is 11.9 Å². The molecule has 3 rings (SSSR count). The maximum atomic E-state index is 12.6. The lowest BCUT2D eigenvalue weighted by Crippen LogP contribution is -2.18. The van der Waals surface area contributed by atoms with Crippen LogP contribution in [0.25, 0.3) is 0 Å². The van der Waals surface area contributed by atoms with E-state index in [1.165, 1.54) is 38.6 Å². The van der Waals surface area contributed by atoms with Crippen LogP contribution >= 0.6 is 0 Å². The molecule has 1 aliphatic rings. The van der Waals surface area contributed by atoms with Gasteiger partial charge in [0.05, 0.1) is 49.8 Å². The van der Waals surface area contributed by atoms with Gasteiger partial charge < -0.3 is 24.3 Å². The molecular weight excluding hydrogens is 380 g/mol. The van der Waals surface area contributed by atoms with Crippen molar-refractivity contribution < 1.29 is 33.3 Å².